The second kappa shape index (κ2) is 6.18. The summed E-state index contributed by atoms with van der Waals surface area (Å²) >= 11 is 0. The molecule has 0 fully saturated rings. The number of aryl methyl sites for hydroxylation is 1. The highest BCUT2D eigenvalue weighted by Gasteiger charge is 2.00. The first-order chi connectivity index (χ1) is 7.20. The molecule has 0 aromatic heterocycles. The Morgan fingerprint density at radius 1 is 1.27 bits per heavy atom. The van der Waals surface area contributed by atoms with Gasteiger partial charge in [-0.15, -0.1) is 0 Å². The minimum absolute atomic E-state index is 0.109. The number of hydrogen-bond donors (Lipinski definition) is 0. The van der Waals surface area contributed by atoms with Crippen LogP contribution in [-0.4, -0.2) is 5.78 Å². The average Bonchev–Trinajstić information content (AvgIpc) is 2.25. The van der Waals surface area contributed by atoms with Crippen LogP contribution < -0.4 is 0 Å². The molecule has 0 radical (unpaired) electrons. The van der Waals surface area contributed by atoms with E-state index in [0.29, 0.717) is 0 Å². The number of ketones is 1. The van der Waals surface area contributed by atoms with E-state index in [1.807, 2.05) is 38.1 Å². The number of allylic oxidation sites excluding steroid dienone is 2. The topological polar surface area (TPSA) is 17.1 Å². The summed E-state index contributed by atoms with van der Waals surface area (Å²) in [6, 6.07) is 10.3. The van der Waals surface area contributed by atoms with Gasteiger partial charge in [0, 0.05) is 5.92 Å². The second-order valence-corrected chi connectivity index (χ2v) is 3.98. The van der Waals surface area contributed by atoms with Crippen molar-refractivity contribution >= 4 is 5.78 Å². The molecule has 1 rings (SSSR count). The SMILES string of the molecule is CC(C)C(=O)/C=C/CCc1ccccc1. The third kappa shape index (κ3) is 4.59. The number of benzene rings is 1. The van der Waals surface area contributed by atoms with Gasteiger partial charge in [0.1, 0.15) is 0 Å². The van der Waals surface area contributed by atoms with Crippen molar-refractivity contribution in [1.29, 1.82) is 0 Å². The molecule has 0 aliphatic rings. The van der Waals surface area contributed by atoms with Crippen LogP contribution in [0.15, 0.2) is 42.5 Å². The van der Waals surface area contributed by atoms with E-state index in [1.165, 1.54) is 5.56 Å². The van der Waals surface area contributed by atoms with Crippen LogP contribution in [0.1, 0.15) is 25.8 Å². The van der Waals surface area contributed by atoms with Crippen molar-refractivity contribution in [2.45, 2.75) is 26.7 Å². The minimum atomic E-state index is 0.109. The average molecular weight is 202 g/mol. The van der Waals surface area contributed by atoms with Gasteiger partial charge in [0.15, 0.2) is 5.78 Å². The van der Waals surface area contributed by atoms with Crippen LogP contribution in [0.5, 0.6) is 0 Å². The summed E-state index contributed by atoms with van der Waals surface area (Å²) in [6.45, 7) is 3.84. The first-order valence-corrected chi connectivity index (χ1v) is 5.44. The van der Waals surface area contributed by atoms with Gasteiger partial charge in [0.2, 0.25) is 0 Å². The Bertz CT molecular complexity index is 322. The molecule has 0 aliphatic heterocycles. The van der Waals surface area contributed by atoms with E-state index < -0.39 is 0 Å². The Balaban J connectivity index is 2.31. The highest BCUT2D eigenvalue weighted by atomic mass is 16.1. The van der Waals surface area contributed by atoms with Gasteiger partial charge in [-0.3, -0.25) is 4.79 Å². The fraction of sp³-hybridized carbons (Fsp3) is 0.357. The molecule has 0 amide bonds. The zero-order chi connectivity index (χ0) is 11.1. The Labute approximate surface area is 91.8 Å². The molecule has 0 unspecified atom stereocenters. The molecule has 0 N–H and O–H groups in total. The van der Waals surface area contributed by atoms with E-state index in [4.69, 9.17) is 0 Å². The van der Waals surface area contributed by atoms with Crippen molar-refractivity contribution in [3.05, 3.63) is 48.0 Å². The predicted molar refractivity (Wildman–Crippen MR) is 63.7 cm³/mol. The van der Waals surface area contributed by atoms with Gasteiger partial charge in [-0.05, 0) is 24.5 Å². The zero-order valence-electron chi connectivity index (χ0n) is 9.44. The lowest BCUT2D eigenvalue weighted by Gasteiger charge is -1.98. The normalized spacial score (nSPS) is 11.1. The molecule has 0 saturated heterocycles. The molecule has 15 heavy (non-hydrogen) atoms. The first-order valence-electron chi connectivity index (χ1n) is 5.44. The molecular weight excluding hydrogens is 184 g/mol. The van der Waals surface area contributed by atoms with Crippen molar-refractivity contribution in [1.82, 2.24) is 0 Å². The summed E-state index contributed by atoms with van der Waals surface area (Å²) in [6.07, 6.45) is 5.61. The lowest BCUT2D eigenvalue weighted by Crippen LogP contribution is -2.01. The summed E-state index contributed by atoms with van der Waals surface area (Å²) in [5, 5.41) is 0. The fourth-order valence-corrected chi connectivity index (χ4v) is 1.29. The Hall–Kier alpha value is -1.37. The molecule has 0 heterocycles. The standard InChI is InChI=1S/C14H18O/c1-12(2)14(15)11-7-6-10-13-8-4-3-5-9-13/h3-5,7-9,11-12H,6,10H2,1-2H3/b11-7+. The Kier molecular flexibility index (Phi) is 4.82. The molecule has 0 atom stereocenters. The highest BCUT2D eigenvalue weighted by Crippen LogP contribution is 2.03. The first kappa shape index (κ1) is 11.7. The molecule has 0 spiro atoms. The lowest BCUT2D eigenvalue weighted by molar-refractivity contribution is -0.117. The van der Waals surface area contributed by atoms with Crippen molar-refractivity contribution in [3.8, 4) is 0 Å². The van der Waals surface area contributed by atoms with E-state index in [0.717, 1.165) is 12.8 Å². The number of rotatable bonds is 5. The van der Waals surface area contributed by atoms with Gasteiger partial charge < -0.3 is 0 Å². The van der Waals surface area contributed by atoms with E-state index in [-0.39, 0.29) is 11.7 Å². The van der Waals surface area contributed by atoms with E-state index >= 15 is 0 Å². The largest absolute Gasteiger partial charge is 0.295 e. The van der Waals surface area contributed by atoms with Gasteiger partial charge in [-0.25, -0.2) is 0 Å². The third-order valence-electron chi connectivity index (χ3n) is 2.29. The van der Waals surface area contributed by atoms with E-state index in [1.54, 1.807) is 6.08 Å². The summed E-state index contributed by atoms with van der Waals surface area (Å²) in [4.78, 5) is 11.3. The number of hydrogen-bond acceptors (Lipinski definition) is 1. The van der Waals surface area contributed by atoms with Crippen molar-refractivity contribution in [2.24, 2.45) is 5.92 Å². The molecule has 1 aromatic rings. The minimum Gasteiger partial charge on any atom is -0.295 e. The van der Waals surface area contributed by atoms with Crippen LogP contribution in [0.25, 0.3) is 0 Å². The Morgan fingerprint density at radius 3 is 2.53 bits per heavy atom. The Morgan fingerprint density at radius 2 is 1.93 bits per heavy atom. The van der Waals surface area contributed by atoms with Crippen LogP contribution in [-0.2, 0) is 11.2 Å². The maximum Gasteiger partial charge on any atom is 0.157 e. The van der Waals surface area contributed by atoms with Crippen LogP contribution in [0, 0.1) is 5.92 Å². The predicted octanol–water partition coefficient (Wildman–Crippen LogP) is 3.40. The molecule has 80 valence electrons. The van der Waals surface area contributed by atoms with E-state index in [2.05, 4.69) is 12.1 Å². The molecule has 1 aromatic carbocycles. The van der Waals surface area contributed by atoms with Gasteiger partial charge in [-0.1, -0.05) is 50.3 Å². The monoisotopic (exact) mass is 202 g/mol. The molecular formula is C14H18O. The van der Waals surface area contributed by atoms with Crippen molar-refractivity contribution in [2.75, 3.05) is 0 Å². The quantitative estimate of drug-likeness (QED) is 0.669. The van der Waals surface area contributed by atoms with Gasteiger partial charge in [-0.2, -0.15) is 0 Å². The maximum atomic E-state index is 11.3. The van der Waals surface area contributed by atoms with Crippen molar-refractivity contribution in [3.63, 3.8) is 0 Å². The third-order valence-corrected chi connectivity index (χ3v) is 2.29. The van der Waals surface area contributed by atoms with Gasteiger partial charge in [0.25, 0.3) is 0 Å². The van der Waals surface area contributed by atoms with E-state index in [9.17, 15) is 4.79 Å². The lowest BCUT2D eigenvalue weighted by atomic mass is 10.1. The van der Waals surface area contributed by atoms with Crippen LogP contribution >= 0.6 is 0 Å². The molecule has 1 heteroatoms. The number of carbonyl (C=O) groups is 1. The van der Waals surface area contributed by atoms with Crippen LogP contribution in [0.3, 0.4) is 0 Å². The van der Waals surface area contributed by atoms with Gasteiger partial charge in [0.05, 0.1) is 0 Å². The molecule has 0 bridgehead atoms. The molecule has 0 aliphatic carbocycles. The second-order valence-electron chi connectivity index (χ2n) is 3.98. The molecule has 1 nitrogen and oxygen atoms in total. The maximum absolute atomic E-state index is 11.3. The smallest absolute Gasteiger partial charge is 0.157 e. The van der Waals surface area contributed by atoms with Gasteiger partial charge >= 0.3 is 0 Å². The molecule has 0 saturated carbocycles. The van der Waals surface area contributed by atoms with Crippen molar-refractivity contribution < 1.29 is 4.79 Å². The highest BCUT2D eigenvalue weighted by molar-refractivity contribution is 5.91. The van der Waals surface area contributed by atoms with Crippen LogP contribution in [0.4, 0.5) is 0 Å². The van der Waals surface area contributed by atoms with Crippen LogP contribution in [0.2, 0.25) is 0 Å². The summed E-state index contributed by atoms with van der Waals surface area (Å²) in [5.41, 5.74) is 1.32. The zero-order valence-corrected chi connectivity index (χ0v) is 9.44. The summed E-state index contributed by atoms with van der Waals surface area (Å²) in [5.74, 6) is 0.320. The summed E-state index contributed by atoms with van der Waals surface area (Å²) < 4.78 is 0. The number of carbonyl (C=O) groups excluding carboxylic acids is 1. The summed E-state index contributed by atoms with van der Waals surface area (Å²) in [7, 11) is 0. The fourth-order valence-electron chi connectivity index (χ4n) is 1.29.